The van der Waals surface area contributed by atoms with Crippen LogP contribution in [-0.4, -0.2) is 11.4 Å². The number of phenols is 1. The maximum Gasteiger partial charge on any atom is 0.243 e. The smallest absolute Gasteiger partial charge is 0.243 e. The van der Waals surface area contributed by atoms with E-state index in [-0.39, 0.29) is 12.0 Å². The normalized spacial score (nSPS) is 16.5. The van der Waals surface area contributed by atoms with Crippen LogP contribution in [0.1, 0.15) is 5.56 Å². The fraction of sp³-hybridized carbons (Fsp3) is 0.0909. The van der Waals surface area contributed by atoms with Crippen molar-refractivity contribution < 1.29 is 19.3 Å². The summed E-state index contributed by atoms with van der Waals surface area (Å²) in [6, 6.07) is 5.31. The minimum atomic E-state index is -0.274. The average Bonchev–Trinajstić information content (AvgIpc) is 2.93. The van der Waals surface area contributed by atoms with Gasteiger partial charge in [-0.3, -0.25) is 0 Å². The molecule has 76 valence electrons. The second kappa shape index (κ2) is 3.12. The first-order chi connectivity index (χ1) is 7.34. The second-order valence-electron chi connectivity index (χ2n) is 3.26. The lowest BCUT2D eigenvalue weighted by molar-refractivity contribution is 0.0850. The van der Waals surface area contributed by atoms with Crippen molar-refractivity contribution in [3.8, 4) is 5.75 Å². The highest BCUT2D eigenvalue weighted by Crippen LogP contribution is 2.30. The van der Waals surface area contributed by atoms with Crippen LogP contribution in [0.2, 0.25) is 0 Å². The Hall–Kier alpha value is -1.78. The molecule has 1 aromatic heterocycles. The zero-order valence-electron chi connectivity index (χ0n) is 7.71. The number of fused-ring (bicyclic) bond motifs is 1. The zero-order chi connectivity index (χ0) is 10.3. The number of aromatic hydroxyl groups is 1. The molecule has 1 fully saturated rings. The molecule has 0 saturated carbocycles. The molecule has 1 aliphatic rings. The third kappa shape index (κ3) is 1.49. The number of benzene rings is 1. The standard InChI is InChI=1S/C11H8O4/c12-11-7(2-4-10-14-15-10)1-3-9-8(11)5-6-13-9/h1-6,10,12H/b4-2+. The summed E-state index contributed by atoms with van der Waals surface area (Å²) >= 11 is 0. The molecule has 1 aromatic carbocycles. The summed E-state index contributed by atoms with van der Waals surface area (Å²) in [5.41, 5.74) is 1.38. The maximum absolute atomic E-state index is 9.88. The van der Waals surface area contributed by atoms with Gasteiger partial charge in [-0.25, -0.2) is 0 Å². The molecule has 3 rings (SSSR count). The van der Waals surface area contributed by atoms with Crippen LogP contribution in [-0.2, 0) is 9.78 Å². The van der Waals surface area contributed by atoms with Crippen molar-refractivity contribution in [1.29, 1.82) is 0 Å². The SMILES string of the molecule is Oc1c(/C=C/C2OO2)ccc2occc12. The molecular formula is C11H8O4. The van der Waals surface area contributed by atoms with Gasteiger partial charge in [0.1, 0.15) is 11.3 Å². The van der Waals surface area contributed by atoms with E-state index < -0.39 is 0 Å². The van der Waals surface area contributed by atoms with Crippen LogP contribution in [0.5, 0.6) is 5.75 Å². The van der Waals surface area contributed by atoms with Crippen molar-refractivity contribution in [3.63, 3.8) is 0 Å². The van der Waals surface area contributed by atoms with Gasteiger partial charge in [-0.1, -0.05) is 6.08 Å². The van der Waals surface area contributed by atoms with Crippen molar-refractivity contribution in [2.24, 2.45) is 0 Å². The predicted molar refractivity (Wildman–Crippen MR) is 52.9 cm³/mol. The maximum atomic E-state index is 9.88. The van der Waals surface area contributed by atoms with E-state index in [1.165, 1.54) is 0 Å². The van der Waals surface area contributed by atoms with Gasteiger partial charge in [0.15, 0.2) is 0 Å². The molecule has 1 N–H and O–H groups in total. The Kier molecular flexibility index (Phi) is 1.77. The van der Waals surface area contributed by atoms with Gasteiger partial charge in [0.25, 0.3) is 0 Å². The Morgan fingerprint density at radius 2 is 2.07 bits per heavy atom. The Balaban J connectivity index is 2.05. The quantitative estimate of drug-likeness (QED) is 0.602. The van der Waals surface area contributed by atoms with E-state index in [4.69, 9.17) is 4.42 Å². The molecule has 4 nitrogen and oxygen atoms in total. The minimum Gasteiger partial charge on any atom is -0.507 e. The van der Waals surface area contributed by atoms with Gasteiger partial charge in [0.2, 0.25) is 6.29 Å². The summed E-state index contributed by atoms with van der Waals surface area (Å²) in [6.07, 6.45) is 4.75. The molecule has 4 heteroatoms. The van der Waals surface area contributed by atoms with E-state index in [0.29, 0.717) is 16.5 Å². The van der Waals surface area contributed by atoms with E-state index in [0.717, 1.165) is 0 Å². The molecule has 0 atom stereocenters. The van der Waals surface area contributed by atoms with E-state index in [1.54, 1.807) is 30.5 Å². The molecule has 2 aromatic rings. The highest BCUT2D eigenvalue weighted by atomic mass is 17.4. The first-order valence-corrected chi connectivity index (χ1v) is 4.54. The van der Waals surface area contributed by atoms with E-state index in [9.17, 15) is 5.11 Å². The van der Waals surface area contributed by atoms with Crippen molar-refractivity contribution in [2.45, 2.75) is 6.29 Å². The number of phenolic OH excluding ortho intramolecular Hbond substituents is 1. The molecule has 0 bridgehead atoms. The summed E-state index contributed by atoms with van der Waals surface area (Å²) in [7, 11) is 0. The largest absolute Gasteiger partial charge is 0.507 e. The van der Waals surface area contributed by atoms with Gasteiger partial charge in [-0.2, -0.15) is 9.78 Å². The monoisotopic (exact) mass is 204 g/mol. The number of furan rings is 1. The average molecular weight is 204 g/mol. The molecule has 2 heterocycles. The van der Waals surface area contributed by atoms with E-state index in [1.807, 2.05) is 6.07 Å². The summed E-state index contributed by atoms with van der Waals surface area (Å²) in [5, 5.41) is 10.6. The van der Waals surface area contributed by atoms with Crippen molar-refractivity contribution in [3.05, 3.63) is 36.1 Å². The first kappa shape index (κ1) is 8.52. The van der Waals surface area contributed by atoms with Crippen LogP contribution in [0.25, 0.3) is 17.0 Å². The van der Waals surface area contributed by atoms with Crippen LogP contribution < -0.4 is 0 Å². The van der Waals surface area contributed by atoms with Gasteiger partial charge in [0, 0.05) is 5.56 Å². The highest BCUT2D eigenvalue weighted by Gasteiger charge is 2.21. The van der Waals surface area contributed by atoms with Crippen LogP contribution in [0.4, 0.5) is 0 Å². The fourth-order valence-electron chi connectivity index (χ4n) is 1.46. The molecule has 1 aliphatic heterocycles. The fourth-order valence-corrected chi connectivity index (χ4v) is 1.46. The number of hydrogen-bond acceptors (Lipinski definition) is 4. The van der Waals surface area contributed by atoms with Gasteiger partial charge in [-0.15, -0.1) is 0 Å². The first-order valence-electron chi connectivity index (χ1n) is 4.54. The summed E-state index contributed by atoms with van der Waals surface area (Å²) in [4.78, 5) is 9.11. The summed E-state index contributed by atoms with van der Waals surface area (Å²) in [6.45, 7) is 0. The van der Waals surface area contributed by atoms with Crippen LogP contribution in [0.3, 0.4) is 0 Å². The minimum absolute atomic E-state index is 0.207. The van der Waals surface area contributed by atoms with Gasteiger partial charge < -0.3 is 9.52 Å². The number of hydrogen-bond donors (Lipinski definition) is 1. The molecule has 15 heavy (non-hydrogen) atoms. The van der Waals surface area contributed by atoms with Crippen molar-refractivity contribution >= 4 is 17.0 Å². The third-order valence-corrected chi connectivity index (χ3v) is 2.28. The third-order valence-electron chi connectivity index (χ3n) is 2.28. The molecule has 1 saturated heterocycles. The van der Waals surface area contributed by atoms with E-state index >= 15 is 0 Å². The molecule has 0 radical (unpaired) electrons. The Morgan fingerprint density at radius 3 is 2.87 bits per heavy atom. The van der Waals surface area contributed by atoms with E-state index in [2.05, 4.69) is 9.78 Å². The van der Waals surface area contributed by atoms with Crippen molar-refractivity contribution in [1.82, 2.24) is 0 Å². The molecule has 0 amide bonds. The van der Waals surface area contributed by atoms with Crippen LogP contribution in [0.15, 0.2) is 35.0 Å². The van der Waals surface area contributed by atoms with Crippen molar-refractivity contribution in [2.75, 3.05) is 0 Å². The zero-order valence-corrected chi connectivity index (χ0v) is 7.71. The predicted octanol–water partition coefficient (Wildman–Crippen LogP) is 2.44. The summed E-state index contributed by atoms with van der Waals surface area (Å²) < 4.78 is 5.16. The highest BCUT2D eigenvalue weighted by molar-refractivity contribution is 5.87. The lowest BCUT2D eigenvalue weighted by Gasteiger charge is -1.98. The Bertz CT molecular complexity index is 522. The van der Waals surface area contributed by atoms with Crippen LogP contribution in [0, 0.1) is 0 Å². The van der Waals surface area contributed by atoms with Gasteiger partial charge in [-0.05, 0) is 24.3 Å². The Morgan fingerprint density at radius 1 is 1.20 bits per heavy atom. The van der Waals surface area contributed by atoms with Gasteiger partial charge in [0.05, 0.1) is 11.6 Å². The lowest BCUT2D eigenvalue weighted by Crippen LogP contribution is -1.78. The molecule has 0 unspecified atom stereocenters. The Labute approximate surface area is 85.3 Å². The topological polar surface area (TPSA) is 58.4 Å². The van der Waals surface area contributed by atoms with Crippen LogP contribution >= 0.6 is 0 Å². The second-order valence-corrected chi connectivity index (χ2v) is 3.26. The molecular weight excluding hydrogens is 196 g/mol. The molecule has 0 aliphatic carbocycles. The molecule has 0 spiro atoms. The summed E-state index contributed by atoms with van der Waals surface area (Å²) in [5.74, 6) is 0.207. The lowest BCUT2D eigenvalue weighted by atomic mass is 10.1. The van der Waals surface area contributed by atoms with Gasteiger partial charge >= 0.3 is 0 Å². The number of rotatable bonds is 2.